The van der Waals surface area contributed by atoms with Gasteiger partial charge < -0.3 is 4.90 Å². The van der Waals surface area contributed by atoms with Crippen molar-refractivity contribution in [3.63, 3.8) is 0 Å². The molecule has 5 aromatic rings. The zero-order valence-electron chi connectivity index (χ0n) is 22.3. The number of likely N-dealkylation sites (tertiary alicyclic amines) is 1. The summed E-state index contributed by atoms with van der Waals surface area (Å²) < 4.78 is 56.3. The van der Waals surface area contributed by atoms with Crippen LogP contribution in [0.3, 0.4) is 0 Å². The molecule has 3 aromatic heterocycles. The number of fused-ring (bicyclic) bond motifs is 1. The molecular weight excluding hydrogens is 532 g/mol. The predicted molar refractivity (Wildman–Crippen MR) is 152 cm³/mol. The number of piperidine rings is 1. The van der Waals surface area contributed by atoms with Crippen molar-refractivity contribution in [2.75, 3.05) is 26.4 Å². The number of hydrogen-bond acceptors (Lipinski definition) is 5. The van der Waals surface area contributed by atoms with Gasteiger partial charge in [0.2, 0.25) is 0 Å². The first-order valence-corrected chi connectivity index (χ1v) is 15.2. The van der Waals surface area contributed by atoms with Crippen molar-refractivity contribution in [1.29, 1.82) is 0 Å². The van der Waals surface area contributed by atoms with Gasteiger partial charge in [0, 0.05) is 47.0 Å². The number of pyridine rings is 1. The zero-order chi connectivity index (χ0) is 28.0. The van der Waals surface area contributed by atoms with Gasteiger partial charge in [0.1, 0.15) is 11.6 Å². The summed E-state index contributed by atoms with van der Waals surface area (Å²) in [5.74, 6) is -1.60. The van der Waals surface area contributed by atoms with E-state index in [9.17, 15) is 17.2 Å². The number of sulfone groups is 1. The monoisotopic (exact) mass is 561 g/mol. The highest BCUT2D eigenvalue weighted by Crippen LogP contribution is 2.34. The molecule has 1 saturated heterocycles. The number of nitrogens with zero attached hydrogens (tertiary/aromatic N) is 5. The van der Waals surface area contributed by atoms with Gasteiger partial charge >= 0.3 is 0 Å². The van der Waals surface area contributed by atoms with Gasteiger partial charge in [-0.25, -0.2) is 21.7 Å². The molecule has 1 aliphatic rings. The van der Waals surface area contributed by atoms with Gasteiger partial charge in [-0.2, -0.15) is 10.2 Å². The topological polar surface area (TPSA) is 72.5 Å². The molecule has 0 bridgehead atoms. The first-order chi connectivity index (χ1) is 19.1. The quantitative estimate of drug-likeness (QED) is 0.269. The summed E-state index contributed by atoms with van der Waals surface area (Å²) in [6.07, 6.45) is 10.9. The molecule has 6 rings (SSSR count). The minimum absolute atomic E-state index is 0.193. The normalized spacial score (nSPS) is 15.2. The molecule has 0 atom stereocenters. The maximum absolute atomic E-state index is 14.7. The summed E-state index contributed by atoms with van der Waals surface area (Å²) in [4.78, 5) is 2.33. The van der Waals surface area contributed by atoms with E-state index in [-0.39, 0.29) is 11.3 Å². The van der Waals surface area contributed by atoms with Crippen molar-refractivity contribution in [2.24, 2.45) is 0 Å². The van der Waals surface area contributed by atoms with Crippen LogP contribution in [0.5, 0.6) is 0 Å². The van der Waals surface area contributed by atoms with Crippen molar-refractivity contribution < 1.29 is 17.2 Å². The number of hydrogen-bond donors (Lipinski definition) is 0. The Kier molecular flexibility index (Phi) is 6.75. The second kappa shape index (κ2) is 10.3. The van der Waals surface area contributed by atoms with Gasteiger partial charge in [-0.15, -0.1) is 0 Å². The second-order valence-corrected chi connectivity index (χ2v) is 12.8. The first-order valence-electron chi connectivity index (χ1n) is 13.1. The van der Waals surface area contributed by atoms with Gasteiger partial charge in [-0.3, -0.25) is 4.68 Å². The van der Waals surface area contributed by atoms with Crippen LogP contribution in [0.4, 0.5) is 8.78 Å². The number of halogens is 2. The molecule has 40 heavy (non-hydrogen) atoms. The highest BCUT2D eigenvalue weighted by molar-refractivity contribution is 7.89. The third kappa shape index (κ3) is 5.41. The molecule has 10 heteroatoms. The zero-order valence-corrected chi connectivity index (χ0v) is 23.1. The van der Waals surface area contributed by atoms with Gasteiger partial charge in [0.15, 0.2) is 9.84 Å². The summed E-state index contributed by atoms with van der Waals surface area (Å²) in [5, 5.41) is 9.19. The molecule has 0 spiro atoms. The van der Waals surface area contributed by atoms with E-state index in [1.54, 1.807) is 28.9 Å². The molecule has 0 N–H and O–H groups in total. The van der Waals surface area contributed by atoms with Crippen LogP contribution < -0.4 is 0 Å². The van der Waals surface area contributed by atoms with Crippen molar-refractivity contribution in [2.45, 2.75) is 24.6 Å². The SMILES string of the molecule is CN1CCC(n2cc(-c3ccc4c(-c5cc(CS(C)(=O)=O)cc(-c6ccc(F)cc6F)c5)cnn4c3)cn2)CC1. The van der Waals surface area contributed by atoms with Crippen LogP contribution in [0.2, 0.25) is 0 Å². The van der Waals surface area contributed by atoms with E-state index in [1.165, 1.54) is 12.1 Å². The van der Waals surface area contributed by atoms with E-state index in [0.29, 0.717) is 22.7 Å². The second-order valence-electron chi connectivity index (χ2n) is 10.7. The average Bonchev–Trinajstić information content (AvgIpc) is 3.55. The summed E-state index contributed by atoms with van der Waals surface area (Å²) in [6.45, 7) is 2.12. The fraction of sp³-hybridized carbons (Fsp3) is 0.267. The maximum atomic E-state index is 14.7. The summed E-state index contributed by atoms with van der Waals surface area (Å²) >= 11 is 0. The highest BCUT2D eigenvalue weighted by atomic mass is 32.2. The Bertz CT molecular complexity index is 1820. The van der Waals surface area contributed by atoms with Crippen molar-refractivity contribution in [1.82, 2.24) is 24.3 Å². The van der Waals surface area contributed by atoms with Crippen LogP contribution in [0.15, 0.2) is 73.3 Å². The standard InChI is InChI=1S/C30H29F2N5O2S/c1-35-9-7-26(8-10-35)36-18-24(15-33-36)21-3-6-30-28(16-34-37(30)17-21)23-12-20(19-40(2,38)39)11-22(13-23)27-5-4-25(31)14-29(27)32/h3-6,11-18,26H,7-10,19H2,1-2H3. The highest BCUT2D eigenvalue weighted by Gasteiger charge is 2.20. The van der Waals surface area contributed by atoms with Crippen LogP contribution in [-0.4, -0.2) is 59.1 Å². The number of benzene rings is 2. The third-order valence-corrected chi connectivity index (χ3v) is 8.35. The Morgan fingerprint density at radius 3 is 2.33 bits per heavy atom. The van der Waals surface area contributed by atoms with Crippen LogP contribution >= 0.6 is 0 Å². The molecule has 2 aromatic carbocycles. The molecule has 7 nitrogen and oxygen atoms in total. The lowest BCUT2D eigenvalue weighted by Crippen LogP contribution is -2.31. The number of aromatic nitrogens is 4. The van der Waals surface area contributed by atoms with E-state index < -0.39 is 21.5 Å². The molecule has 206 valence electrons. The molecule has 1 fully saturated rings. The molecule has 4 heterocycles. The molecule has 0 unspecified atom stereocenters. The molecule has 0 amide bonds. The third-order valence-electron chi connectivity index (χ3n) is 7.49. The Morgan fingerprint density at radius 2 is 1.60 bits per heavy atom. The summed E-state index contributed by atoms with van der Waals surface area (Å²) in [6, 6.07) is 12.9. The largest absolute Gasteiger partial charge is 0.306 e. The van der Waals surface area contributed by atoms with E-state index in [4.69, 9.17) is 0 Å². The van der Waals surface area contributed by atoms with E-state index in [1.807, 2.05) is 24.5 Å². The lowest BCUT2D eigenvalue weighted by atomic mass is 9.96. The Balaban J connectivity index is 1.37. The van der Waals surface area contributed by atoms with Gasteiger partial charge in [0.05, 0.1) is 29.7 Å². The van der Waals surface area contributed by atoms with Gasteiger partial charge in [0.25, 0.3) is 0 Å². The van der Waals surface area contributed by atoms with Crippen molar-refractivity contribution in [3.05, 3.63) is 90.5 Å². The Labute approximate surface area is 231 Å². The average molecular weight is 562 g/mol. The predicted octanol–water partition coefficient (Wildman–Crippen LogP) is 5.62. The van der Waals surface area contributed by atoms with E-state index >= 15 is 0 Å². The van der Waals surface area contributed by atoms with Crippen LogP contribution in [-0.2, 0) is 15.6 Å². The smallest absolute Gasteiger partial charge is 0.151 e. The summed E-state index contributed by atoms with van der Waals surface area (Å²) in [7, 11) is -1.21. The lowest BCUT2D eigenvalue weighted by Gasteiger charge is -2.28. The maximum Gasteiger partial charge on any atom is 0.151 e. The van der Waals surface area contributed by atoms with Crippen LogP contribution in [0.25, 0.3) is 38.9 Å². The van der Waals surface area contributed by atoms with Crippen molar-refractivity contribution >= 4 is 15.4 Å². The summed E-state index contributed by atoms with van der Waals surface area (Å²) in [5.41, 5.74) is 5.42. The van der Waals surface area contributed by atoms with Crippen LogP contribution in [0.1, 0.15) is 24.4 Å². The molecule has 1 aliphatic heterocycles. The first kappa shape index (κ1) is 26.3. The Morgan fingerprint density at radius 1 is 0.850 bits per heavy atom. The molecular formula is C30H29F2N5O2S. The fourth-order valence-electron chi connectivity index (χ4n) is 5.44. The molecule has 0 radical (unpaired) electrons. The minimum Gasteiger partial charge on any atom is -0.306 e. The fourth-order valence-corrected chi connectivity index (χ4v) is 6.21. The van der Waals surface area contributed by atoms with Gasteiger partial charge in [-0.1, -0.05) is 6.07 Å². The van der Waals surface area contributed by atoms with E-state index in [0.717, 1.165) is 60.5 Å². The van der Waals surface area contributed by atoms with Crippen LogP contribution in [0, 0.1) is 11.6 Å². The molecule has 0 aliphatic carbocycles. The lowest BCUT2D eigenvalue weighted by molar-refractivity contribution is 0.212. The minimum atomic E-state index is -3.35. The number of rotatable bonds is 6. The molecule has 0 saturated carbocycles. The van der Waals surface area contributed by atoms with Crippen molar-refractivity contribution in [3.8, 4) is 33.4 Å². The van der Waals surface area contributed by atoms with Gasteiger partial charge in [-0.05, 0) is 86.1 Å². The van der Waals surface area contributed by atoms with E-state index in [2.05, 4.69) is 33.0 Å². The Hall–Kier alpha value is -3.89.